The lowest BCUT2D eigenvalue weighted by atomic mass is 10.1. The third-order valence-corrected chi connectivity index (χ3v) is 2.34. The second-order valence-electron chi connectivity index (χ2n) is 3.39. The third-order valence-electron chi connectivity index (χ3n) is 2.34. The minimum atomic E-state index is 0.148. The van der Waals surface area contributed by atoms with Crippen molar-refractivity contribution in [2.24, 2.45) is 5.73 Å². The number of ether oxygens (including phenoxy) is 2. The van der Waals surface area contributed by atoms with Gasteiger partial charge in [-0.2, -0.15) is 0 Å². The van der Waals surface area contributed by atoms with Gasteiger partial charge in [-0.05, 0) is 18.6 Å². The SMILES string of the molecule is Cc1ccnc(OC2COC2)c1CN. The Bertz CT molecular complexity index is 324. The fourth-order valence-corrected chi connectivity index (χ4v) is 1.35. The lowest BCUT2D eigenvalue weighted by Gasteiger charge is -2.27. The first-order valence-corrected chi connectivity index (χ1v) is 4.70. The van der Waals surface area contributed by atoms with Crippen molar-refractivity contribution < 1.29 is 9.47 Å². The number of hydrogen-bond donors (Lipinski definition) is 1. The molecule has 0 atom stereocenters. The molecule has 0 aromatic carbocycles. The minimum Gasteiger partial charge on any atom is -0.469 e. The molecule has 4 nitrogen and oxygen atoms in total. The first-order valence-electron chi connectivity index (χ1n) is 4.70. The van der Waals surface area contributed by atoms with Gasteiger partial charge < -0.3 is 15.2 Å². The topological polar surface area (TPSA) is 57.4 Å². The molecule has 1 fully saturated rings. The summed E-state index contributed by atoms with van der Waals surface area (Å²) in [7, 11) is 0. The van der Waals surface area contributed by atoms with Crippen molar-refractivity contribution in [3.05, 3.63) is 23.4 Å². The van der Waals surface area contributed by atoms with Crippen LogP contribution in [0.5, 0.6) is 5.88 Å². The lowest BCUT2D eigenvalue weighted by molar-refractivity contribution is -0.0816. The molecule has 1 aromatic rings. The van der Waals surface area contributed by atoms with Gasteiger partial charge in [-0.25, -0.2) is 4.98 Å². The van der Waals surface area contributed by atoms with Crippen LogP contribution in [0.25, 0.3) is 0 Å². The van der Waals surface area contributed by atoms with E-state index in [1.165, 1.54) is 0 Å². The summed E-state index contributed by atoms with van der Waals surface area (Å²) in [6, 6.07) is 1.94. The predicted octanol–water partition coefficient (Wildman–Crippen LogP) is 0.626. The van der Waals surface area contributed by atoms with Crippen molar-refractivity contribution in [2.45, 2.75) is 19.6 Å². The van der Waals surface area contributed by atoms with Gasteiger partial charge in [-0.1, -0.05) is 0 Å². The first-order chi connectivity index (χ1) is 6.81. The maximum absolute atomic E-state index is 5.64. The summed E-state index contributed by atoms with van der Waals surface area (Å²) < 4.78 is 10.7. The summed E-state index contributed by atoms with van der Waals surface area (Å²) in [5.41, 5.74) is 7.74. The zero-order chi connectivity index (χ0) is 9.97. The Morgan fingerprint density at radius 2 is 2.43 bits per heavy atom. The average Bonchev–Trinajstić information content (AvgIpc) is 2.11. The summed E-state index contributed by atoms with van der Waals surface area (Å²) in [6.45, 7) is 3.77. The van der Waals surface area contributed by atoms with Crippen LogP contribution in [0.3, 0.4) is 0 Å². The molecule has 1 aliphatic rings. The summed E-state index contributed by atoms with van der Waals surface area (Å²) in [5.74, 6) is 0.654. The molecule has 76 valence electrons. The quantitative estimate of drug-likeness (QED) is 0.766. The molecule has 1 saturated heterocycles. The Morgan fingerprint density at radius 1 is 1.64 bits per heavy atom. The molecule has 1 aliphatic heterocycles. The highest BCUT2D eigenvalue weighted by molar-refractivity contribution is 5.33. The Kier molecular flexibility index (Phi) is 2.65. The molecule has 2 heterocycles. The normalized spacial score (nSPS) is 16.4. The van der Waals surface area contributed by atoms with E-state index in [0.29, 0.717) is 25.6 Å². The summed E-state index contributed by atoms with van der Waals surface area (Å²) >= 11 is 0. The Labute approximate surface area is 83.0 Å². The molecule has 2 rings (SSSR count). The van der Waals surface area contributed by atoms with Gasteiger partial charge in [0, 0.05) is 18.3 Å². The van der Waals surface area contributed by atoms with Gasteiger partial charge in [-0.15, -0.1) is 0 Å². The van der Waals surface area contributed by atoms with Gasteiger partial charge in [0.05, 0.1) is 13.2 Å². The molecule has 0 unspecified atom stereocenters. The van der Waals surface area contributed by atoms with Gasteiger partial charge in [0.1, 0.15) is 6.10 Å². The molecule has 0 radical (unpaired) electrons. The highest BCUT2D eigenvalue weighted by Gasteiger charge is 2.22. The predicted molar refractivity (Wildman–Crippen MR) is 52.1 cm³/mol. The van der Waals surface area contributed by atoms with E-state index >= 15 is 0 Å². The van der Waals surface area contributed by atoms with Crippen LogP contribution in [-0.4, -0.2) is 24.3 Å². The van der Waals surface area contributed by atoms with Gasteiger partial charge in [0.15, 0.2) is 0 Å². The van der Waals surface area contributed by atoms with Gasteiger partial charge in [0.2, 0.25) is 5.88 Å². The van der Waals surface area contributed by atoms with Gasteiger partial charge >= 0.3 is 0 Å². The smallest absolute Gasteiger partial charge is 0.218 e. The maximum atomic E-state index is 5.64. The fourth-order valence-electron chi connectivity index (χ4n) is 1.35. The Balaban J connectivity index is 2.17. The third kappa shape index (κ3) is 1.71. The van der Waals surface area contributed by atoms with E-state index in [2.05, 4.69) is 4.98 Å². The van der Waals surface area contributed by atoms with Crippen molar-refractivity contribution in [1.82, 2.24) is 4.98 Å². The van der Waals surface area contributed by atoms with E-state index in [0.717, 1.165) is 11.1 Å². The number of nitrogens with zero attached hydrogens (tertiary/aromatic N) is 1. The second-order valence-corrected chi connectivity index (χ2v) is 3.39. The summed E-state index contributed by atoms with van der Waals surface area (Å²) in [5, 5.41) is 0. The Hall–Kier alpha value is -1.13. The van der Waals surface area contributed by atoms with E-state index in [1.807, 2.05) is 13.0 Å². The van der Waals surface area contributed by atoms with Crippen molar-refractivity contribution in [1.29, 1.82) is 0 Å². The molecule has 0 bridgehead atoms. The van der Waals surface area contributed by atoms with Crippen LogP contribution in [0, 0.1) is 6.92 Å². The van der Waals surface area contributed by atoms with Crippen LogP contribution in [0.15, 0.2) is 12.3 Å². The number of nitrogens with two attached hydrogens (primary N) is 1. The molecule has 0 saturated carbocycles. The summed E-state index contributed by atoms with van der Waals surface area (Å²) in [4.78, 5) is 4.17. The van der Waals surface area contributed by atoms with Crippen molar-refractivity contribution in [2.75, 3.05) is 13.2 Å². The zero-order valence-corrected chi connectivity index (χ0v) is 8.19. The first kappa shape index (κ1) is 9.43. The molecule has 0 aliphatic carbocycles. The molecule has 4 heteroatoms. The highest BCUT2D eigenvalue weighted by Crippen LogP contribution is 2.21. The maximum Gasteiger partial charge on any atom is 0.218 e. The van der Waals surface area contributed by atoms with Crippen molar-refractivity contribution in [3.63, 3.8) is 0 Å². The van der Waals surface area contributed by atoms with Crippen LogP contribution < -0.4 is 10.5 Å². The monoisotopic (exact) mass is 194 g/mol. The molecule has 1 aromatic heterocycles. The number of aromatic nitrogens is 1. The van der Waals surface area contributed by atoms with Crippen LogP contribution in [-0.2, 0) is 11.3 Å². The van der Waals surface area contributed by atoms with Crippen molar-refractivity contribution >= 4 is 0 Å². The number of hydrogen-bond acceptors (Lipinski definition) is 4. The van der Waals surface area contributed by atoms with Crippen LogP contribution in [0.1, 0.15) is 11.1 Å². The molecule has 14 heavy (non-hydrogen) atoms. The van der Waals surface area contributed by atoms with Gasteiger partial charge in [0.25, 0.3) is 0 Å². The zero-order valence-electron chi connectivity index (χ0n) is 8.19. The highest BCUT2D eigenvalue weighted by atomic mass is 16.6. The number of aryl methyl sites for hydroxylation is 1. The van der Waals surface area contributed by atoms with Crippen molar-refractivity contribution in [3.8, 4) is 5.88 Å². The largest absolute Gasteiger partial charge is 0.469 e. The second kappa shape index (κ2) is 3.94. The molecular weight excluding hydrogens is 180 g/mol. The van der Waals surface area contributed by atoms with E-state index in [4.69, 9.17) is 15.2 Å². The van der Waals surface area contributed by atoms with E-state index in [1.54, 1.807) is 6.20 Å². The Morgan fingerprint density at radius 3 is 3.00 bits per heavy atom. The standard InChI is InChI=1S/C10H14N2O2/c1-7-2-3-12-10(9(7)4-11)14-8-5-13-6-8/h2-3,8H,4-6,11H2,1H3. The molecule has 2 N–H and O–H groups in total. The minimum absolute atomic E-state index is 0.148. The summed E-state index contributed by atoms with van der Waals surface area (Å²) in [6.07, 6.45) is 1.89. The molecule has 0 amide bonds. The van der Waals surface area contributed by atoms with Gasteiger partial charge in [-0.3, -0.25) is 0 Å². The van der Waals surface area contributed by atoms with Crippen LogP contribution in [0.4, 0.5) is 0 Å². The molecule has 0 spiro atoms. The number of pyridine rings is 1. The van der Waals surface area contributed by atoms with E-state index in [9.17, 15) is 0 Å². The fraction of sp³-hybridized carbons (Fsp3) is 0.500. The lowest BCUT2D eigenvalue weighted by Crippen LogP contribution is -2.39. The van der Waals surface area contributed by atoms with Crippen LogP contribution in [0.2, 0.25) is 0 Å². The molecular formula is C10H14N2O2. The van der Waals surface area contributed by atoms with E-state index in [-0.39, 0.29) is 6.10 Å². The van der Waals surface area contributed by atoms with Crippen LogP contribution >= 0.6 is 0 Å². The average molecular weight is 194 g/mol. The number of rotatable bonds is 3. The van der Waals surface area contributed by atoms with E-state index < -0.39 is 0 Å².